The van der Waals surface area contributed by atoms with Crippen LogP contribution in [0.2, 0.25) is 0 Å². The molecule has 2 amide bonds. The molecular formula is C30H29BrFN5O2. The van der Waals surface area contributed by atoms with Crippen LogP contribution in [0, 0.1) is 5.82 Å². The molecule has 6 rings (SSSR count). The number of nitrogens with one attached hydrogen (secondary N) is 1. The van der Waals surface area contributed by atoms with Crippen molar-refractivity contribution >= 4 is 44.7 Å². The highest BCUT2D eigenvalue weighted by Gasteiger charge is 2.28. The third kappa shape index (κ3) is 5.15. The number of hydrogen-bond acceptors (Lipinski definition) is 4. The predicted octanol–water partition coefficient (Wildman–Crippen LogP) is 4.94. The van der Waals surface area contributed by atoms with Crippen molar-refractivity contribution in [3.05, 3.63) is 93.2 Å². The number of nitrogens with zero attached hydrogens (tertiary/aromatic N) is 4. The number of carbonyl (C=O) groups excluding carboxylic acids is 2. The number of halogens is 2. The maximum Gasteiger partial charge on any atom is 0.254 e. The van der Waals surface area contributed by atoms with Crippen molar-refractivity contribution < 1.29 is 14.0 Å². The van der Waals surface area contributed by atoms with E-state index in [0.29, 0.717) is 62.1 Å². The fourth-order valence-corrected chi connectivity index (χ4v) is 5.95. The zero-order valence-electron chi connectivity index (χ0n) is 21.5. The Bertz CT molecular complexity index is 1510. The van der Waals surface area contributed by atoms with Gasteiger partial charge in [-0.05, 0) is 69.7 Å². The minimum absolute atomic E-state index is 0.00142. The minimum Gasteiger partial charge on any atom is -0.339 e. The van der Waals surface area contributed by atoms with Crippen LogP contribution >= 0.6 is 15.9 Å². The molecule has 0 bridgehead atoms. The van der Waals surface area contributed by atoms with Gasteiger partial charge in [-0.3, -0.25) is 9.59 Å². The first-order valence-electron chi connectivity index (χ1n) is 13.3. The molecule has 39 heavy (non-hydrogen) atoms. The van der Waals surface area contributed by atoms with E-state index in [2.05, 4.69) is 25.8 Å². The van der Waals surface area contributed by atoms with E-state index in [1.165, 1.54) is 0 Å². The fraction of sp³-hybridized carbons (Fsp3) is 0.300. The first-order chi connectivity index (χ1) is 19.0. The first kappa shape index (κ1) is 25.6. The Balaban J connectivity index is 1.08. The van der Waals surface area contributed by atoms with E-state index >= 15 is 0 Å². The lowest BCUT2D eigenvalue weighted by Crippen LogP contribution is -2.49. The number of imidazole rings is 1. The molecule has 3 aromatic carbocycles. The Morgan fingerprint density at radius 1 is 0.923 bits per heavy atom. The van der Waals surface area contributed by atoms with Crippen LogP contribution in [0.3, 0.4) is 0 Å². The summed E-state index contributed by atoms with van der Waals surface area (Å²) in [4.78, 5) is 40.5. The monoisotopic (exact) mass is 589 g/mol. The van der Waals surface area contributed by atoms with Crippen molar-refractivity contribution in [2.75, 3.05) is 37.6 Å². The molecule has 0 aliphatic carbocycles. The van der Waals surface area contributed by atoms with Crippen LogP contribution in [0.25, 0.3) is 11.0 Å². The number of amides is 2. The fourth-order valence-electron chi connectivity index (χ4n) is 5.54. The van der Waals surface area contributed by atoms with E-state index in [1.54, 1.807) is 18.2 Å². The molecule has 1 aromatic heterocycles. The van der Waals surface area contributed by atoms with E-state index in [0.717, 1.165) is 33.7 Å². The predicted molar refractivity (Wildman–Crippen MR) is 152 cm³/mol. The number of H-pyrrole nitrogens is 1. The highest BCUT2D eigenvalue weighted by molar-refractivity contribution is 9.10. The van der Waals surface area contributed by atoms with Gasteiger partial charge in [-0.25, -0.2) is 9.37 Å². The summed E-state index contributed by atoms with van der Waals surface area (Å²) in [5.74, 6) is 0.572. The van der Waals surface area contributed by atoms with Crippen LogP contribution < -0.4 is 4.90 Å². The molecule has 1 saturated heterocycles. The molecule has 2 aliphatic rings. The number of carbonyl (C=O) groups is 2. The van der Waals surface area contributed by atoms with E-state index < -0.39 is 0 Å². The SMILES string of the molecule is O=C(CCc1cccc(Br)c1F)N1CCc2c(cccc2C(=O)N2CCN(c3nc4ccccc4[nH]3)CC2)C1. The van der Waals surface area contributed by atoms with Crippen molar-refractivity contribution in [3.8, 4) is 0 Å². The number of para-hydroxylation sites is 2. The molecule has 0 unspecified atom stereocenters. The highest BCUT2D eigenvalue weighted by Crippen LogP contribution is 2.26. The molecule has 1 N–H and O–H groups in total. The number of anilines is 1. The third-order valence-electron chi connectivity index (χ3n) is 7.73. The molecule has 2 aliphatic heterocycles. The number of benzene rings is 3. The summed E-state index contributed by atoms with van der Waals surface area (Å²) in [5, 5.41) is 0. The number of aryl methyl sites for hydroxylation is 1. The average Bonchev–Trinajstić information content (AvgIpc) is 3.41. The smallest absolute Gasteiger partial charge is 0.254 e. The van der Waals surface area contributed by atoms with Gasteiger partial charge in [0.15, 0.2) is 0 Å². The topological polar surface area (TPSA) is 72.5 Å². The molecule has 0 atom stereocenters. The summed E-state index contributed by atoms with van der Waals surface area (Å²) in [6.45, 7) is 3.68. The van der Waals surface area contributed by atoms with Crippen LogP contribution in [-0.4, -0.2) is 64.3 Å². The van der Waals surface area contributed by atoms with Gasteiger partial charge in [0.2, 0.25) is 11.9 Å². The second-order valence-electron chi connectivity index (χ2n) is 10.1. The van der Waals surface area contributed by atoms with Crippen LogP contribution in [-0.2, 0) is 24.2 Å². The van der Waals surface area contributed by atoms with Crippen molar-refractivity contribution in [2.24, 2.45) is 0 Å². The zero-order valence-corrected chi connectivity index (χ0v) is 23.1. The number of aromatic nitrogens is 2. The quantitative estimate of drug-likeness (QED) is 0.358. The van der Waals surface area contributed by atoms with Gasteiger partial charge in [0.05, 0.1) is 15.5 Å². The van der Waals surface area contributed by atoms with Gasteiger partial charge in [-0.15, -0.1) is 0 Å². The maximum atomic E-state index is 14.3. The standard InChI is InChI=1S/C30H29BrFN5O2/c31-24-8-4-5-20(28(24)32)11-12-27(38)37-14-13-22-21(19-37)6-3-7-23(22)29(39)35-15-17-36(18-16-35)30-33-25-9-1-2-10-26(25)34-30/h1-10H,11-19H2,(H,33,34). The molecule has 0 spiro atoms. The second kappa shape index (κ2) is 10.8. The van der Waals surface area contributed by atoms with Gasteiger partial charge in [0.25, 0.3) is 5.91 Å². The maximum absolute atomic E-state index is 14.3. The Kier molecular flexibility index (Phi) is 7.08. The summed E-state index contributed by atoms with van der Waals surface area (Å²) in [5.41, 5.74) is 5.25. The molecule has 0 saturated carbocycles. The molecule has 9 heteroatoms. The minimum atomic E-state index is -0.309. The van der Waals surface area contributed by atoms with Gasteiger partial charge < -0.3 is 19.7 Å². The Morgan fingerprint density at radius 3 is 2.54 bits per heavy atom. The second-order valence-corrected chi connectivity index (χ2v) is 10.9. The van der Waals surface area contributed by atoms with Crippen LogP contribution in [0.15, 0.2) is 65.1 Å². The molecule has 3 heterocycles. The number of hydrogen-bond donors (Lipinski definition) is 1. The third-order valence-corrected chi connectivity index (χ3v) is 8.34. The number of aromatic amines is 1. The molecule has 7 nitrogen and oxygen atoms in total. The van der Waals surface area contributed by atoms with Crippen molar-refractivity contribution in [2.45, 2.75) is 25.8 Å². The summed E-state index contributed by atoms with van der Waals surface area (Å²) in [6.07, 6.45) is 1.23. The van der Waals surface area contributed by atoms with Crippen molar-refractivity contribution in [1.29, 1.82) is 0 Å². The average molecular weight is 590 g/mol. The van der Waals surface area contributed by atoms with Crippen LogP contribution in [0.5, 0.6) is 0 Å². The largest absolute Gasteiger partial charge is 0.339 e. The van der Waals surface area contributed by atoms with Crippen molar-refractivity contribution in [1.82, 2.24) is 19.8 Å². The normalized spacial score (nSPS) is 15.5. The lowest BCUT2D eigenvalue weighted by molar-refractivity contribution is -0.132. The lowest BCUT2D eigenvalue weighted by atomic mass is 9.93. The Morgan fingerprint density at radius 2 is 1.72 bits per heavy atom. The summed E-state index contributed by atoms with van der Waals surface area (Å²) in [6, 6.07) is 18.9. The van der Waals surface area contributed by atoms with E-state index in [1.807, 2.05) is 52.3 Å². The van der Waals surface area contributed by atoms with Gasteiger partial charge in [-0.1, -0.05) is 36.4 Å². The Labute approximate surface area is 234 Å². The number of rotatable bonds is 5. The number of fused-ring (bicyclic) bond motifs is 2. The first-order valence-corrected chi connectivity index (χ1v) is 14.1. The molecular weight excluding hydrogens is 561 g/mol. The lowest BCUT2D eigenvalue weighted by Gasteiger charge is -2.36. The summed E-state index contributed by atoms with van der Waals surface area (Å²) in [7, 11) is 0. The zero-order chi connectivity index (χ0) is 26.9. The summed E-state index contributed by atoms with van der Waals surface area (Å²) >= 11 is 3.21. The molecule has 200 valence electrons. The van der Waals surface area contributed by atoms with Gasteiger partial charge in [0.1, 0.15) is 5.82 Å². The number of piperazine rings is 1. The highest BCUT2D eigenvalue weighted by atomic mass is 79.9. The molecule has 0 radical (unpaired) electrons. The van der Waals surface area contributed by atoms with Gasteiger partial charge in [-0.2, -0.15) is 0 Å². The van der Waals surface area contributed by atoms with Gasteiger partial charge in [0, 0.05) is 51.3 Å². The Hall–Kier alpha value is -3.72. The van der Waals surface area contributed by atoms with Crippen LogP contribution in [0.4, 0.5) is 10.3 Å². The van der Waals surface area contributed by atoms with Gasteiger partial charge >= 0.3 is 0 Å². The van der Waals surface area contributed by atoms with E-state index in [4.69, 9.17) is 4.98 Å². The van der Waals surface area contributed by atoms with Crippen molar-refractivity contribution in [3.63, 3.8) is 0 Å². The molecule has 1 fully saturated rings. The van der Waals surface area contributed by atoms with E-state index in [-0.39, 0.29) is 24.1 Å². The summed E-state index contributed by atoms with van der Waals surface area (Å²) < 4.78 is 14.7. The molecule has 4 aromatic rings. The van der Waals surface area contributed by atoms with E-state index in [9.17, 15) is 14.0 Å². The van der Waals surface area contributed by atoms with Crippen LogP contribution in [0.1, 0.15) is 33.5 Å².